The zero-order valence-electron chi connectivity index (χ0n) is 8.70. The molecule has 3 nitrogen and oxygen atoms in total. The van der Waals surface area contributed by atoms with E-state index in [4.69, 9.17) is 0 Å². The van der Waals surface area contributed by atoms with Gasteiger partial charge in [-0.05, 0) is 25.1 Å². The van der Waals surface area contributed by atoms with E-state index in [0.717, 1.165) is 29.0 Å². The van der Waals surface area contributed by atoms with E-state index < -0.39 is 0 Å². The number of nitrogens with one attached hydrogen (secondary N) is 1. The van der Waals surface area contributed by atoms with Crippen molar-refractivity contribution < 1.29 is 0 Å². The van der Waals surface area contributed by atoms with Crippen LogP contribution in [0.1, 0.15) is 5.69 Å². The Morgan fingerprint density at radius 1 is 1.40 bits per heavy atom. The van der Waals surface area contributed by atoms with Crippen molar-refractivity contribution in [2.24, 2.45) is 0 Å². The fourth-order valence-corrected chi connectivity index (χ4v) is 1.40. The molecule has 0 aliphatic heterocycles. The first-order valence-electron chi connectivity index (χ1n) is 4.88. The van der Waals surface area contributed by atoms with Gasteiger partial charge in [0.05, 0.1) is 16.7 Å². The lowest BCUT2D eigenvalue weighted by molar-refractivity contribution is 1.18. The van der Waals surface area contributed by atoms with Gasteiger partial charge < -0.3 is 5.32 Å². The van der Waals surface area contributed by atoms with Gasteiger partial charge >= 0.3 is 0 Å². The van der Waals surface area contributed by atoms with E-state index in [1.807, 2.05) is 31.2 Å². The Kier molecular flexibility index (Phi) is 2.63. The van der Waals surface area contributed by atoms with E-state index in [0.29, 0.717) is 0 Å². The topological polar surface area (TPSA) is 37.8 Å². The second-order valence-corrected chi connectivity index (χ2v) is 3.38. The van der Waals surface area contributed by atoms with Gasteiger partial charge in [0, 0.05) is 18.4 Å². The normalized spacial score (nSPS) is 10.2. The second-order valence-electron chi connectivity index (χ2n) is 3.38. The Morgan fingerprint density at radius 3 is 3.07 bits per heavy atom. The lowest BCUT2D eigenvalue weighted by Gasteiger charge is -2.04. The molecule has 2 rings (SSSR count). The van der Waals surface area contributed by atoms with Crippen molar-refractivity contribution in [1.29, 1.82) is 0 Å². The largest absolute Gasteiger partial charge is 0.382 e. The van der Waals surface area contributed by atoms with E-state index >= 15 is 0 Å². The molecule has 0 radical (unpaired) electrons. The van der Waals surface area contributed by atoms with E-state index in [-0.39, 0.29) is 0 Å². The van der Waals surface area contributed by atoms with Gasteiger partial charge in [-0.15, -0.1) is 6.58 Å². The molecular formula is C12H13N3. The van der Waals surface area contributed by atoms with Crippen molar-refractivity contribution in [2.45, 2.75) is 6.92 Å². The highest BCUT2D eigenvalue weighted by Gasteiger charge is 1.98. The van der Waals surface area contributed by atoms with Gasteiger partial charge in [-0.3, -0.25) is 4.98 Å². The molecule has 0 fully saturated rings. The molecule has 0 saturated heterocycles. The summed E-state index contributed by atoms with van der Waals surface area (Å²) in [6, 6.07) is 5.96. The fraction of sp³-hybridized carbons (Fsp3) is 0.167. The highest BCUT2D eigenvalue weighted by Crippen LogP contribution is 2.15. The van der Waals surface area contributed by atoms with Gasteiger partial charge in [0.25, 0.3) is 0 Å². The highest BCUT2D eigenvalue weighted by molar-refractivity contribution is 5.78. The van der Waals surface area contributed by atoms with Gasteiger partial charge in [0.15, 0.2) is 0 Å². The lowest BCUT2D eigenvalue weighted by Crippen LogP contribution is -1.97. The van der Waals surface area contributed by atoms with Gasteiger partial charge in [-0.2, -0.15) is 0 Å². The summed E-state index contributed by atoms with van der Waals surface area (Å²) in [6.45, 7) is 6.35. The van der Waals surface area contributed by atoms with Crippen LogP contribution in [0.2, 0.25) is 0 Å². The van der Waals surface area contributed by atoms with Crippen molar-refractivity contribution in [2.75, 3.05) is 11.9 Å². The lowest BCUT2D eigenvalue weighted by atomic mass is 10.2. The molecule has 3 heteroatoms. The molecule has 0 aliphatic rings. The van der Waals surface area contributed by atoms with Crippen molar-refractivity contribution in [3.63, 3.8) is 0 Å². The standard InChI is InChI=1S/C12H13N3/c1-3-6-13-10-4-5-11-12(7-10)14-8-9(2)15-11/h3-5,7-8,13H,1,6H2,2H3. The second kappa shape index (κ2) is 4.09. The molecule has 0 amide bonds. The van der Waals surface area contributed by atoms with Crippen LogP contribution >= 0.6 is 0 Å². The third-order valence-corrected chi connectivity index (χ3v) is 2.11. The Bertz CT molecular complexity index is 491. The minimum absolute atomic E-state index is 0.755. The zero-order chi connectivity index (χ0) is 10.7. The van der Waals surface area contributed by atoms with Crippen LogP contribution in [0.4, 0.5) is 5.69 Å². The summed E-state index contributed by atoms with van der Waals surface area (Å²) in [7, 11) is 0. The van der Waals surface area contributed by atoms with Crippen molar-refractivity contribution in [1.82, 2.24) is 9.97 Å². The predicted octanol–water partition coefficient (Wildman–Crippen LogP) is 2.54. The summed E-state index contributed by atoms with van der Waals surface area (Å²) in [6.07, 6.45) is 3.60. The molecule has 15 heavy (non-hydrogen) atoms. The van der Waals surface area contributed by atoms with E-state index in [1.54, 1.807) is 6.20 Å². The zero-order valence-corrected chi connectivity index (χ0v) is 8.70. The van der Waals surface area contributed by atoms with Crippen molar-refractivity contribution >= 4 is 16.7 Å². The maximum absolute atomic E-state index is 4.39. The van der Waals surface area contributed by atoms with Gasteiger partial charge in [-0.25, -0.2) is 4.98 Å². The van der Waals surface area contributed by atoms with E-state index in [9.17, 15) is 0 Å². The van der Waals surface area contributed by atoms with Crippen LogP contribution in [0.15, 0.2) is 37.1 Å². The van der Waals surface area contributed by atoms with Crippen LogP contribution in [0.5, 0.6) is 0 Å². The SMILES string of the molecule is C=CCNc1ccc2nc(C)cnc2c1. The average molecular weight is 199 g/mol. The number of aromatic nitrogens is 2. The number of rotatable bonds is 3. The van der Waals surface area contributed by atoms with E-state index in [2.05, 4.69) is 21.9 Å². The summed E-state index contributed by atoms with van der Waals surface area (Å²) in [4.78, 5) is 8.71. The monoisotopic (exact) mass is 199 g/mol. The minimum Gasteiger partial charge on any atom is -0.382 e. The number of hydrogen-bond donors (Lipinski definition) is 1. The van der Waals surface area contributed by atoms with Gasteiger partial charge in [0.2, 0.25) is 0 Å². The number of anilines is 1. The first-order valence-corrected chi connectivity index (χ1v) is 4.88. The quantitative estimate of drug-likeness (QED) is 0.772. The molecule has 0 spiro atoms. The van der Waals surface area contributed by atoms with Crippen LogP contribution in [-0.4, -0.2) is 16.5 Å². The predicted molar refractivity (Wildman–Crippen MR) is 63.0 cm³/mol. The molecule has 2 aromatic rings. The maximum atomic E-state index is 4.39. The van der Waals surface area contributed by atoms with Crippen molar-refractivity contribution in [3.05, 3.63) is 42.7 Å². The Balaban J connectivity index is 2.38. The Hall–Kier alpha value is -1.90. The Labute approximate surface area is 88.9 Å². The van der Waals surface area contributed by atoms with Gasteiger partial charge in [0.1, 0.15) is 0 Å². The number of aryl methyl sites for hydroxylation is 1. The number of hydrogen-bond acceptors (Lipinski definition) is 3. The molecule has 0 saturated carbocycles. The van der Waals surface area contributed by atoms with Crippen LogP contribution in [0.25, 0.3) is 11.0 Å². The third kappa shape index (κ3) is 2.13. The molecule has 76 valence electrons. The smallest absolute Gasteiger partial charge is 0.0907 e. The summed E-state index contributed by atoms with van der Waals surface area (Å²) in [5, 5.41) is 3.22. The van der Waals surface area contributed by atoms with Crippen LogP contribution in [0.3, 0.4) is 0 Å². The fourth-order valence-electron chi connectivity index (χ4n) is 1.40. The van der Waals surface area contributed by atoms with E-state index in [1.165, 1.54) is 0 Å². The number of benzene rings is 1. The number of nitrogens with zero attached hydrogens (tertiary/aromatic N) is 2. The summed E-state index contributed by atoms with van der Waals surface area (Å²) >= 11 is 0. The molecule has 1 N–H and O–H groups in total. The van der Waals surface area contributed by atoms with Gasteiger partial charge in [-0.1, -0.05) is 6.08 Å². The third-order valence-electron chi connectivity index (χ3n) is 2.11. The molecule has 0 atom stereocenters. The summed E-state index contributed by atoms with van der Waals surface area (Å²) in [5.74, 6) is 0. The van der Waals surface area contributed by atoms with Crippen molar-refractivity contribution in [3.8, 4) is 0 Å². The number of fused-ring (bicyclic) bond motifs is 1. The minimum atomic E-state index is 0.755. The Morgan fingerprint density at radius 2 is 2.27 bits per heavy atom. The van der Waals surface area contributed by atoms with Crippen LogP contribution in [0, 0.1) is 6.92 Å². The summed E-state index contributed by atoms with van der Waals surface area (Å²) in [5.41, 5.74) is 3.82. The van der Waals surface area contributed by atoms with Crippen LogP contribution in [-0.2, 0) is 0 Å². The molecule has 1 aromatic heterocycles. The molecule has 0 aliphatic carbocycles. The molecular weight excluding hydrogens is 186 g/mol. The average Bonchev–Trinajstić information content (AvgIpc) is 2.26. The molecule has 0 unspecified atom stereocenters. The molecule has 1 aromatic carbocycles. The summed E-state index contributed by atoms with van der Waals surface area (Å²) < 4.78 is 0. The highest BCUT2D eigenvalue weighted by atomic mass is 14.9. The maximum Gasteiger partial charge on any atom is 0.0907 e. The first-order chi connectivity index (χ1) is 7.29. The van der Waals surface area contributed by atoms with Crippen LogP contribution < -0.4 is 5.32 Å². The molecule has 1 heterocycles. The molecule has 0 bridgehead atoms. The first kappa shape index (κ1) is 9.65.